The molecule has 29 heavy (non-hydrogen) atoms. The Labute approximate surface area is 165 Å². The van der Waals surface area contributed by atoms with Crippen LogP contribution in [-0.4, -0.2) is 26.6 Å². The summed E-state index contributed by atoms with van der Waals surface area (Å²) in [7, 11) is 2.84. The van der Waals surface area contributed by atoms with Crippen LogP contribution in [0.25, 0.3) is 0 Å². The summed E-state index contributed by atoms with van der Waals surface area (Å²) >= 11 is 0. The van der Waals surface area contributed by atoms with Crippen LogP contribution in [0.15, 0.2) is 45.1 Å². The van der Waals surface area contributed by atoms with Crippen molar-refractivity contribution in [2.24, 2.45) is 14.1 Å². The Morgan fingerprint density at radius 3 is 2.59 bits per heavy atom. The van der Waals surface area contributed by atoms with Crippen LogP contribution < -0.4 is 16.6 Å². The highest BCUT2D eigenvalue weighted by atomic mass is 16.6. The van der Waals surface area contributed by atoms with E-state index in [1.165, 1.54) is 36.9 Å². The number of aromatic nitrogens is 2. The molecule has 0 radical (unpaired) electrons. The molecule has 1 N–H and O–H groups in total. The van der Waals surface area contributed by atoms with Crippen molar-refractivity contribution in [2.45, 2.75) is 19.8 Å². The number of non-ortho nitro benzene ring substituents is 1. The number of benzene rings is 1. The van der Waals surface area contributed by atoms with E-state index in [-0.39, 0.29) is 29.2 Å². The highest BCUT2D eigenvalue weighted by Gasteiger charge is 2.37. The van der Waals surface area contributed by atoms with Gasteiger partial charge in [-0.3, -0.25) is 24.0 Å². The lowest BCUT2D eigenvalue weighted by atomic mass is 9.82. The lowest BCUT2D eigenvalue weighted by Crippen LogP contribution is -2.43. The third-order valence-corrected chi connectivity index (χ3v) is 4.90. The van der Waals surface area contributed by atoms with Crippen molar-refractivity contribution >= 4 is 17.5 Å². The van der Waals surface area contributed by atoms with Gasteiger partial charge in [0.25, 0.3) is 11.2 Å². The molecule has 3 rings (SSSR count). The average molecular weight is 400 g/mol. The van der Waals surface area contributed by atoms with Crippen LogP contribution in [0.4, 0.5) is 11.5 Å². The van der Waals surface area contributed by atoms with E-state index in [0.29, 0.717) is 11.3 Å². The molecule has 152 valence electrons. The first-order valence-corrected chi connectivity index (χ1v) is 8.88. The van der Waals surface area contributed by atoms with Crippen molar-refractivity contribution in [3.63, 3.8) is 0 Å². The molecule has 1 aliphatic heterocycles. The van der Waals surface area contributed by atoms with E-state index in [2.05, 4.69) is 5.32 Å². The predicted octanol–water partition coefficient (Wildman–Crippen LogP) is 1.39. The molecule has 0 spiro atoms. The van der Waals surface area contributed by atoms with E-state index in [1.54, 1.807) is 19.9 Å². The SMILES string of the molecule is CCOC(=O)C1=C(C)Nc2c(c(=O)n(C)c(=O)n2C)C1c1cccc([N+](=O)[O-])c1. The van der Waals surface area contributed by atoms with Crippen LogP contribution in [0.2, 0.25) is 0 Å². The second-order valence-corrected chi connectivity index (χ2v) is 6.64. The minimum atomic E-state index is -0.935. The van der Waals surface area contributed by atoms with Gasteiger partial charge in [-0.05, 0) is 19.4 Å². The molecule has 0 aliphatic carbocycles. The molecule has 2 heterocycles. The molecule has 0 saturated carbocycles. The van der Waals surface area contributed by atoms with Gasteiger partial charge in [0, 0.05) is 31.9 Å². The number of rotatable bonds is 4. The van der Waals surface area contributed by atoms with Gasteiger partial charge in [-0.2, -0.15) is 0 Å². The van der Waals surface area contributed by atoms with Gasteiger partial charge in [-0.1, -0.05) is 12.1 Å². The third-order valence-electron chi connectivity index (χ3n) is 4.90. The van der Waals surface area contributed by atoms with Gasteiger partial charge >= 0.3 is 11.7 Å². The fourth-order valence-corrected chi connectivity index (χ4v) is 3.52. The molecule has 0 bridgehead atoms. The molecular formula is C19H20N4O6. The monoisotopic (exact) mass is 400 g/mol. The minimum Gasteiger partial charge on any atom is -0.463 e. The number of nitro groups is 1. The number of nitrogens with one attached hydrogen (secondary N) is 1. The maximum atomic E-state index is 13.0. The number of nitro benzene ring substituents is 1. The Morgan fingerprint density at radius 2 is 1.97 bits per heavy atom. The first-order valence-electron chi connectivity index (χ1n) is 8.88. The zero-order valence-corrected chi connectivity index (χ0v) is 16.4. The molecule has 0 saturated heterocycles. The van der Waals surface area contributed by atoms with Gasteiger partial charge in [0.05, 0.1) is 28.6 Å². The molecule has 1 aromatic heterocycles. The van der Waals surface area contributed by atoms with Crippen LogP contribution in [0.5, 0.6) is 0 Å². The summed E-state index contributed by atoms with van der Waals surface area (Å²) in [4.78, 5) is 48.8. The number of allylic oxidation sites excluding steroid dienone is 1. The summed E-state index contributed by atoms with van der Waals surface area (Å²) in [5, 5.41) is 14.2. The first kappa shape index (κ1) is 20.1. The van der Waals surface area contributed by atoms with Crippen LogP contribution in [0.1, 0.15) is 30.9 Å². The van der Waals surface area contributed by atoms with Gasteiger partial charge in [-0.15, -0.1) is 0 Å². The number of ether oxygens (including phenoxy) is 1. The van der Waals surface area contributed by atoms with Crippen molar-refractivity contribution in [1.82, 2.24) is 9.13 Å². The number of hydrogen-bond donors (Lipinski definition) is 1. The fourth-order valence-electron chi connectivity index (χ4n) is 3.52. The smallest absolute Gasteiger partial charge is 0.336 e. The Kier molecular flexibility index (Phi) is 5.10. The van der Waals surface area contributed by atoms with Crippen LogP contribution in [0.3, 0.4) is 0 Å². The fraction of sp³-hybridized carbons (Fsp3) is 0.316. The van der Waals surface area contributed by atoms with E-state index in [0.717, 1.165) is 4.57 Å². The summed E-state index contributed by atoms with van der Waals surface area (Å²) in [5.74, 6) is -1.34. The highest BCUT2D eigenvalue weighted by Crippen LogP contribution is 2.40. The summed E-state index contributed by atoms with van der Waals surface area (Å²) in [6.07, 6.45) is 0. The van der Waals surface area contributed by atoms with Crippen molar-refractivity contribution in [3.8, 4) is 0 Å². The lowest BCUT2D eigenvalue weighted by Gasteiger charge is -2.30. The Bertz CT molecular complexity index is 1170. The molecule has 10 nitrogen and oxygen atoms in total. The van der Waals surface area contributed by atoms with Gasteiger partial charge < -0.3 is 10.1 Å². The third kappa shape index (κ3) is 3.22. The molecule has 2 aromatic rings. The molecule has 1 unspecified atom stereocenters. The van der Waals surface area contributed by atoms with Crippen molar-refractivity contribution in [1.29, 1.82) is 0 Å². The Hall–Kier alpha value is -3.69. The van der Waals surface area contributed by atoms with E-state index in [4.69, 9.17) is 4.74 Å². The summed E-state index contributed by atoms with van der Waals surface area (Å²) in [6.45, 7) is 3.40. The van der Waals surface area contributed by atoms with E-state index < -0.39 is 28.1 Å². The molecular weight excluding hydrogens is 380 g/mol. The van der Waals surface area contributed by atoms with Crippen LogP contribution >= 0.6 is 0 Å². The normalized spacial score (nSPS) is 15.5. The topological polar surface area (TPSA) is 125 Å². The zero-order chi connectivity index (χ0) is 21.5. The van der Waals surface area contributed by atoms with Crippen molar-refractivity contribution in [3.05, 3.63) is 77.6 Å². The number of esters is 1. The van der Waals surface area contributed by atoms with Gasteiger partial charge in [0.15, 0.2) is 0 Å². The van der Waals surface area contributed by atoms with Gasteiger partial charge in [0.2, 0.25) is 0 Å². The highest BCUT2D eigenvalue weighted by molar-refractivity contribution is 5.94. The number of carbonyl (C=O) groups is 1. The Morgan fingerprint density at radius 1 is 1.28 bits per heavy atom. The zero-order valence-electron chi connectivity index (χ0n) is 16.4. The van der Waals surface area contributed by atoms with Gasteiger partial charge in [-0.25, -0.2) is 9.59 Å². The number of hydrogen-bond acceptors (Lipinski definition) is 7. The maximum absolute atomic E-state index is 13.0. The van der Waals surface area contributed by atoms with E-state index in [9.17, 15) is 24.5 Å². The lowest BCUT2D eigenvalue weighted by molar-refractivity contribution is -0.384. The summed E-state index contributed by atoms with van der Waals surface area (Å²) in [5.41, 5.74) is -0.229. The Balaban J connectivity index is 2.40. The number of anilines is 1. The molecule has 1 aliphatic rings. The van der Waals surface area contributed by atoms with E-state index in [1.807, 2.05) is 0 Å². The number of fused-ring (bicyclic) bond motifs is 1. The number of carbonyl (C=O) groups excluding carboxylic acids is 1. The second-order valence-electron chi connectivity index (χ2n) is 6.64. The van der Waals surface area contributed by atoms with Crippen molar-refractivity contribution < 1.29 is 14.5 Å². The first-order chi connectivity index (χ1) is 13.7. The summed E-state index contributed by atoms with van der Waals surface area (Å²) < 4.78 is 7.38. The molecule has 1 atom stereocenters. The quantitative estimate of drug-likeness (QED) is 0.467. The molecule has 1 aromatic carbocycles. The van der Waals surface area contributed by atoms with Gasteiger partial charge in [0.1, 0.15) is 5.82 Å². The standard InChI is InChI=1S/C19H20N4O6/c1-5-29-18(25)13-10(2)20-16-15(17(24)22(4)19(26)21(16)3)14(13)11-7-6-8-12(9-11)23(27)28/h6-9,14,20H,5H2,1-4H3. The molecule has 0 fully saturated rings. The molecule has 0 amide bonds. The van der Waals surface area contributed by atoms with Crippen molar-refractivity contribution in [2.75, 3.05) is 11.9 Å². The predicted molar refractivity (Wildman–Crippen MR) is 105 cm³/mol. The van der Waals surface area contributed by atoms with Crippen LogP contribution in [0, 0.1) is 10.1 Å². The average Bonchev–Trinajstić information content (AvgIpc) is 2.69. The van der Waals surface area contributed by atoms with E-state index >= 15 is 0 Å². The number of nitrogens with zero attached hydrogens (tertiary/aromatic N) is 3. The largest absolute Gasteiger partial charge is 0.463 e. The maximum Gasteiger partial charge on any atom is 0.336 e. The second kappa shape index (κ2) is 7.38. The summed E-state index contributed by atoms with van der Waals surface area (Å²) in [6, 6.07) is 5.73. The minimum absolute atomic E-state index is 0.120. The molecule has 10 heteroatoms. The van der Waals surface area contributed by atoms with Crippen LogP contribution in [-0.2, 0) is 23.6 Å².